The third-order valence-corrected chi connectivity index (χ3v) is 9.47. The Morgan fingerprint density at radius 3 is 2.88 bits per heavy atom. The molecule has 43 heavy (non-hydrogen) atoms. The Morgan fingerprint density at radius 2 is 2.05 bits per heavy atom. The highest BCUT2D eigenvalue weighted by Gasteiger charge is 2.49. The molecule has 4 aliphatic rings. The van der Waals surface area contributed by atoms with E-state index in [1.807, 2.05) is 13.8 Å². The first-order valence-corrected chi connectivity index (χ1v) is 15.3. The van der Waals surface area contributed by atoms with Crippen LogP contribution in [0.3, 0.4) is 0 Å². The topological polar surface area (TPSA) is 91.3 Å². The molecule has 11 heteroatoms. The minimum Gasteiger partial charge on any atom is -0.508 e. The highest BCUT2D eigenvalue weighted by atomic mass is 19.1. The number of fused-ring (bicyclic) bond motifs is 3. The van der Waals surface area contributed by atoms with Gasteiger partial charge in [0.25, 0.3) is 5.91 Å². The van der Waals surface area contributed by atoms with Crippen LogP contribution in [0.1, 0.15) is 61.1 Å². The van der Waals surface area contributed by atoms with E-state index in [1.54, 1.807) is 17.0 Å². The van der Waals surface area contributed by atoms with Gasteiger partial charge in [0, 0.05) is 44.1 Å². The number of hydrogen-bond donors (Lipinski definition) is 1. The van der Waals surface area contributed by atoms with Crippen molar-refractivity contribution in [3.63, 3.8) is 0 Å². The zero-order chi connectivity index (χ0) is 29.9. The average molecular weight is 594 g/mol. The van der Waals surface area contributed by atoms with Gasteiger partial charge in [0.1, 0.15) is 35.7 Å². The van der Waals surface area contributed by atoms with Gasteiger partial charge < -0.3 is 24.4 Å². The number of phenolic OH excluding ortho intramolecular Hbond substituents is 1. The Bertz CT molecular complexity index is 1590. The quantitative estimate of drug-likeness (QED) is 0.437. The summed E-state index contributed by atoms with van der Waals surface area (Å²) in [4.78, 5) is 29.6. The molecule has 0 aliphatic carbocycles. The van der Waals surface area contributed by atoms with Gasteiger partial charge in [0.15, 0.2) is 0 Å². The molecular formula is C32H37F2N5O4. The fourth-order valence-corrected chi connectivity index (χ4v) is 7.52. The third kappa shape index (κ3) is 4.86. The molecule has 0 saturated carbocycles. The molecule has 0 spiro atoms. The number of aryl methyl sites for hydroxylation is 1. The standard InChI is InChI=1S/C32H37F2N5O4/c1-3-23-24(34)7-6-20-12-22(40)13-26(27(20)23)39-17-25-28(30(39)41)29(37-9-5-11-42-19(2)15-37)36-31(35-25)43-18-32-8-4-10-38(32)16-21(33)14-32/h6-7,12-13,19,21,40H,3-5,8-11,14-18H2,1-2H3/t19?,21-,32+/m1/s1. The number of anilines is 2. The van der Waals surface area contributed by atoms with Crippen molar-refractivity contribution < 1.29 is 28.2 Å². The van der Waals surface area contributed by atoms with Crippen LogP contribution in [0.2, 0.25) is 0 Å². The summed E-state index contributed by atoms with van der Waals surface area (Å²) >= 11 is 0. The summed E-state index contributed by atoms with van der Waals surface area (Å²) in [5.74, 6) is -0.212. The SMILES string of the molecule is CCc1c(F)ccc2cc(O)cc(N3Cc4nc(OC[C@@]56CCCN5C[C@H](F)C6)nc(N5CCCOC(C)C5)c4C3=O)c12. The molecule has 7 rings (SSSR count). The van der Waals surface area contributed by atoms with Gasteiger partial charge in [0.05, 0.1) is 29.6 Å². The highest BCUT2D eigenvalue weighted by molar-refractivity contribution is 6.16. The maximum Gasteiger partial charge on any atom is 0.318 e. The molecule has 3 aromatic rings. The van der Waals surface area contributed by atoms with Crippen molar-refractivity contribution in [1.29, 1.82) is 0 Å². The van der Waals surface area contributed by atoms with Crippen LogP contribution in [0, 0.1) is 5.82 Å². The Balaban J connectivity index is 1.30. The summed E-state index contributed by atoms with van der Waals surface area (Å²) in [5, 5.41) is 11.8. The third-order valence-electron chi connectivity index (χ3n) is 9.47. The van der Waals surface area contributed by atoms with E-state index < -0.39 is 6.17 Å². The molecule has 1 amide bonds. The molecule has 4 aliphatic heterocycles. The van der Waals surface area contributed by atoms with E-state index in [9.17, 15) is 18.7 Å². The fourth-order valence-electron chi connectivity index (χ4n) is 7.52. The monoisotopic (exact) mass is 593 g/mol. The lowest BCUT2D eigenvalue weighted by Gasteiger charge is -2.31. The summed E-state index contributed by atoms with van der Waals surface area (Å²) in [7, 11) is 0. The molecule has 3 fully saturated rings. The number of halogens is 2. The van der Waals surface area contributed by atoms with Gasteiger partial charge in [-0.3, -0.25) is 9.69 Å². The van der Waals surface area contributed by atoms with Crippen molar-refractivity contribution in [3.05, 3.63) is 46.9 Å². The predicted molar refractivity (Wildman–Crippen MR) is 158 cm³/mol. The van der Waals surface area contributed by atoms with Gasteiger partial charge in [-0.2, -0.15) is 9.97 Å². The normalized spacial score (nSPS) is 25.8. The zero-order valence-electron chi connectivity index (χ0n) is 24.6. The van der Waals surface area contributed by atoms with Crippen molar-refractivity contribution >= 4 is 28.2 Å². The van der Waals surface area contributed by atoms with Gasteiger partial charge in [-0.1, -0.05) is 13.0 Å². The van der Waals surface area contributed by atoms with Crippen LogP contribution in [-0.4, -0.2) is 83.1 Å². The minimum atomic E-state index is -0.875. The van der Waals surface area contributed by atoms with Crippen molar-refractivity contribution in [2.75, 3.05) is 49.2 Å². The van der Waals surface area contributed by atoms with E-state index in [4.69, 9.17) is 19.4 Å². The van der Waals surface area contributed by atoms with Gasteiger partial charge >= 0.3 is 6.01 Å². The lowest BCUT2D eigenvalue weighted by molar-refractivity contribution is 0.0819. The van der Waals surface area contributed by atoms with Crippen LogP contribution < -0.4 is 14.5 Å². The number of nitrogens with zero attached hydrogens (tertiary/aromatic N) is 5. The summed E-state index contributed by atoms with van der Waals surface area (Å²) in [6.07, 6.45) is 2.53. The molecule has 0 bridgehead atoms. The molecule has 1 unspecified atom stereocenters. The Hall–Kier alpha value is -3.57. The number of aromatic hydroxyl groups is 1. The van der Waals surface area contributed by atoms with Crippen LogP contribution >= 0.6 is 0 Å². The highest BCUT2D eigenvalue weighted by Crippen LogP contribution is 2.43. The van der Waals surface area contributed by atoms with Gasteiger partial charge in [-0.15, -0.1) is 0 Å². The number of carbonyl (C=O) groups is 1. The van der Waals surface area contributed by atoms with E-state index in [0.717, 1.165) is 25.8 Å². The maximum atomic E-state index is 15.0. The van der Waals surface area contributed by atoms with Crippen molar-refractivity contribution in [2.24, 2.45) is 0 Å². The predicted octanol–water partition coefficient (Wildman–Crippen LogP) is 4.77. The average Bonchev–Trinajstić information content (AvgIpc) is 3.55. The number of aromatic nitrogens is 2. The number of hydrogen-bond acceptors (Lipinski definition) is 8. The second-order valence-electron chi connectivity index (χ2n) is 12.3. The minimum absolute atomic E-state index is 0.0168. The van der Waals surface area contributed by atoms with Crippen molar-refractivity contribution in [3.8, 4) is 11.8 Å². The van der Waals surface area contributed by atoms with Crippen molar-refractivity contribution in [2.45, 2.75) is 70.3 Å². The van der Waals surface area contributed by atoms with E-state index in [1.165, 1.54) is 12.1 Å². The molecule has 3 saturated heterocycles. The number of carbonyl (C=O) groups excluding carboxylic acids is 1. The second-order valence-corrected chi connectivity index (χ2v) is 12.3. The zero-order valence-corrected chi connectivity index (χ0v) is 24.6. The number of amides is 1. The smallest absolute Gasteiger partial charge is 0.318 e. The maximum absolute atomic E-state index is 15.0. The first-order chi connectivity index (χ1) is 20.8. The number of ether oxygens (including phenoxy) is 2. The molecule has 3 atom stereocenters. The largest absolute Gasteiger partial charge is 0.508 e. The van der Waals surface area contributed by atoms with Crippen LogP contribution in [0.15, 0.2) is 24.3 Å². The lowest BCUT2D eigenvalue weighted by atomic mass is 9.95. The Labute approximate surface area is 249 Å². The first kappa shape index (κ1) is 28.2. The van der Waals surface area contributed by atoms with Crippen LogP contribution in [0.5, 0.6) is 11.8 Å². The molecule has 1 aromatic heterocycles. The van der Waals surface area contributed by atoms with Crippen LogP contribution in [-0.2, 0) is 17.7 Å². The molecule has 9 nitrogen and oxygen atoms in total. The Morgan fingerprint density at radius 1 is 1.19 bits per heavy atom. The van der Waals surface area contributed by atoms with E-state index >= 15 is 0 Å². The lowest BCUT2D eigenvalue weighted by Crippen LogP contribution is -2.43. The molecular weight excluding hydrogens is 556 g/mol. The number of benzene rings is 2. The molecule has 2 aromatic carbocycles. The van der Waals surface area contributed by atoms with E-state index in [0.29, 0.717) is 78.2 Å². The first-order valence-electron chi connectivity index (χ1n) is 15.3. The summed E-state index contributed by atoms with van der Waals surface area (Å²) in [5.41, 5.74) is 1.42. The van der Waals surface area contributed by atoms with Crippen LogP contribution in [0.25, 0.3) is 10.8 Å². The molecule has 0 radical (unpaired) electrons. The molecule has 1 N–H and O–H groups in total. The number of phenols is 1. The van der Waals surface area contributed by atoms with Gasteiger partial charge in [-0.25, -0.2) is 8.78 Å². The second kappa shape index (κ2) is 10.9. The summed E-state index contributed by atoms with van der Waals surface area (Å²) < 4.78 is 41.5. The van der Waals surface area contributed by atoms with Crippen LogP contribution in [0.4, 0.5) is 20.3 Å². The summed E-state index contributed by atoms with van der Waals surface area (Å²) in [6, 6.07) is 6.26. The van der Waals surface area contributed by atoms with Crippen molar-refractivity contribution in [1.82, 2.24) is 14.9 Å². The Kier molecular flexibility index (Phi) is 7.12. The van der Waals surface area contributed by atoms with E-state index in [-0.39, 0.29) is 48.3 Å². The molecule has 5 heterocycles. The van der Waals surface area contributed by atoms with E-state index in [2.05, 4.69) is 9.80 Å². The molecule has 228 valence electrons. The number of rotatable bonds is 6. The number of alkyl halides is 1. The fraction of sp³-hybridized carbons (Fsp3) is 0.531. The van der Waals surface area contributed by atoms with Gasteiger partial charge in [0.2, 0.25) is 0 Å². The van der Waals surface area contributed by atoms with Gasteiger partial charge in [-0.05, 0) is 62.2 Å². The summed E-state index contributed by atoms with van der Waals surface area (Å²) in [6.45, 7) is 7.32.